The van der Waals surface area contributed by atoms with E-state index in [1.165, 1.54) is 6.07 Å². The number of carbonyl (C=O) groups excluding carboxylic acids is 1. The van der Waals surface area contributed by atoms with Gasteiger partial charge in [0.15, 0.2) is 6.54 Å². The second-order valence-corrected chi connectivity index (χ2v) is 6.47. The first-order chi connectivity index (χ1) is 12.1. The second-order valence-electron chi connectivity index (χ2n) is 5.49. The van der Waals surface area contributed by atoms with Gasteiger partial charge in [0.05, 0.1) is 4.88 Å². The highest BCUT2D eigenvalue weighted by atomic mass is 32.1. The Hall–Kier alpha value is -2.57. The van der Waals surface area contributed by atoms with Gasteiger partial charge >= 0.3 is 0 Å². The molecule has 0 unspecified atom stereocenters. The molecule has 2 aromatic carbocycles. The number of rotatable bonds is 6. The van der Waals surface area contributed by atoms with Crippen molar-refractivity contribution in [2.45, 2.75) is 6.04 Å². The quantitative estimate of drug-likeness (QED) is 0.697. The van der Waals surface area contributed by atoms with E-state index >= 15 is 0 Å². The van der Waals surface area contributed by atoms with Gasteiger partial charge in [0.2, 0.25) is 0 Å². The van der Waals surface area contributed by atoms with Crippen molar-refractivity contribution in [1.82, 2.24) is 0 Å². The fraction of sp³-hybridized carbons (Fsp3) is 0.105. The molecule has 0 aliphatic heterocycles. The average molecular weight is 359 g/mol. The summed E-state index contributed by atoms with van der Waals surface area (Å²) >= 11 is 1.60. The van der Waals surface area contributed by atoms with Gasteiger partial charge in [-0.3, -0.25) is 4.79 Å². The molecule has 0 bridgehead atoms. The molecule has 25 heavy (non-hydrogen) atoms. The second kappa shape index (κ2) is 8.00. The van der Waals surface area contributed by atoms with Crippen LogP contribution in [-0.2, 0) is 4.79 Å². The van der Waals surface area contributed by atoms with Crippen molar-refractivity contribution in [2.75, 3.05) is 11.9 Å². The minimum atomic E-state index is -0.786. The Labute approximate surface area is 148 Å². The van der Waals surface area contributed by atoms with E-state index in [-0.39, 0.29) is 12.6 Å². The minimum Gasteiger partial charge on any atom is -0.328 e. The molecule has 0 spiro atoms. The minimum absolute atomic E-state index is 0.0441. The lowest BCUT2D eigenvalue weighted by Gasteiger charge is -2.15. The third-order valence-electron chi connectivity index (χ3n) is 3.77. The maximum Gasteiger partial charge on any atom is 0.279 e. The molecular formula is C19H17F2N2OS+. The SMILES string of the molecule is O=C(C[NH2+][C@H](c1ccccc1)c1cccs1)Nc1c(F)cccc1F. The number of para-hydroxylation sites is 1. The molecule has 1 atom stereocenters. The van der Waals surface area contributed by atoms with E-state index < -0.39 is 23.2 Å². The molecule has 1 heterocycles. The highest BCUT2D eigenvalue weighted by molar-refractivity contribution is 7.10. The number of benzene rings is 2. The molecule has 0 radical (unpaired) electrons. The number of quaternary nitrogens is 1. The molecule has 0 saturated heterocycles. The molecule has 3 aromatic rings. The average Bonchev–Trinajstić information content (AvgIpc) is 3.14. The summed E-state index contributed by atoms with van der Waals surface area (Å²) in [5, 5.41) is 6.15. The predicted octanol–water partition coefficient (Wildman–Crippen LogP) is 3.32. The summed E-state index contributed by atoms with van der Waals surface area (Å²) in [6.07, 6.45) is 0. The molecular weight excluding hydrogens is 342 g/mol. The number of nitrogens with one attached hydrogen (secondary N) is 1. The van der Waals surface area contributed by atoms with Crippen LogP contribution in [0.2, 0.25) is 0 Å². The van der Waals surface area contributed by atoms with E-state index in [1.807, 2.05) is 53.2 Å². The first-order valence-electron chi connectivity index (χ1n) is 7.80. The highest BCUT2D eigenvalue weighted by Crippen LogP contribution is 2.22. The van der Waals surface area contributed by atoms with Gasteiger partial charge in [-0.25, -0.2) is 8.78 Å². The van der Waals surface area contributed by atoms with Crippen LogP contribution in [0.5, 0.6) is 0 Å². The zero-order valence-corrected chi connectivity index (χ0v) is 14.1. The molecule has 3 N–H and O–H groups in total. The molecule has 0 aliphatic rings. The maximum absolute atomic E-state index is 13.6. The summed E-state index contributed by atoms with van der Waals surface area (Å²) < 4.78 is 27.3. The van der Waals surface area contributed by atoms with Gasteiger partial charge in [-0.1, -0.05) is 42.5 Å². The summed E-state index contributed by atoms with van der Waals surface area (Å²) in [4.78, 5) is 13.3. The monoisotopic (exact) mass is 359 g/mol. The van der Waals surface area contributed by atoms with E-state index in [4.69, 9.17) is 0 Å². The normalized spacial score (nSPS) is 11.9. The van der Waals surface area contributed by atoms with Crippen LogP contribution in [0.3, 0.4) is 0 Å². The van der Waals surface area contributed by atoms with Gasteiger partial charge in [-0.15, -0.1) is 11.3 Å². The highest BCUT2D eigenvalue weighted by Gasteiger charge is 2.20. The van der Waals surface area contributed by atoms with E-state index in [9.17, 15) is 13.6 Å². The Balaban J connectivity index is 1.70. The standard InChI is InChI=1S/C19H16F2N2OS/c20-14-8-4-9-15(21)19(14)23-17(24)12-22-18(16-10-5-11-25-16)13-6-2-1-3-7-13/h1-11,18,22H,12H2,(H,23,24)/p+1/t18-/m1/s1. The van der Waals surface area contributed by atoms with E-state index in [0.29, 0.717) is 0 Å². The number of hydrogen-bond donors (Lipinski definition) is 2. The van der Waals surface area contributed by atoms with Gasteiger partial charge in [0.25, 0.3) is 5.91 Å². The smallest absolute Gasteiger partial charge is 0.279 e. The van der Waals surface area contributed by atoms with Crippen LogP contribution in [0.25, 0.3) is 0 Å². The van der Waals surface area contributed by atoms with Gasteiger partial charge in [-0.2, -0.15) is 0 Å². The van der Waals surface area contributed by atoms with Crippen molar-refractivity contribution >= 4 is 22.9 Å². The maximum atomic E-state index is 13.6. The number of halogens is 2. The van der Waals surface area contributed by atoms with Crippen LogP contribution in [0.15, 0.2) is 66.0 Å². The van der Waals surface area contributed by atoms with Crippen molar-refractivity contribution < 1.29 is 18.9 Å². The summed E-state index contributed by atoms with van der Waals surface area (Å²) in [6, 6.07) is 17.2. The summed E-state index contributed by atoms with van der Waals surface area (Å²) in [5.41, 5.74) is 0.656. The summed E-state index contributed by atoms with van der Waals surface area (Å²) in [6.45, 7) is 0.0469. The van der Waals surface area contributed by atoms with Gasteiger partial charge in [0.1, 0.15) is 23.4 Å². The Morgan fingerprint density at radius 2 is 1.72 bits per heavy atom. The van der Waals surface area contributed by atoms with Crippen molar-refractivity contribution in [3.05, 3.63) is 88.1 Å². The zero-order chi connectivity index (χ0) is 17.6. The van der Waals surface area contributed by atoms with Crippen LogP contribution < -0.4 is 10.6 Å². The van der Waals surface area contributed by atoms with Crippen molar-refractivity contribution in [2.24, 2.45) is 0 Å². The van der Waals surface area contributed by atoms with Gasteiger partial charge < -0.3 is 10.6 Å². The fourth-order valence-electron chi connectivity index (χ4n) is 2.58. The van der Waals surface area contributed by atoms with Crippen LogP contribution in [0.1, 0.15) is 16.5 Å². The summed E-state index contributed by atoms with van der Waals surface area (Å²) in [5.74, 6) is -2.03. The third-order valence-corrected chi connectivity index (χ3v) is 4.73. The Morgan fingerprint density at radius 1 is 1.00 bits per heavy atom. The zero-order valence-electron chi connectivity index (χ0n) is 13.3. The van der Waals surface area contributed by atoms with E-state index in [1.54, 1.807) is 11.3 Å². The number of nitrogens with two attached hydrogens (primary N) is 1. The van der Waals surface area contributed by atoms with Crippen molar-refractivity contribution in [1.29, 1.82) is 0 Å². The van der Waals surface area contributed by atoms with Crippen LogP contribution in [0.4, 0.5) is 14.5 Å². The topological polar surface area (TPSA) is 45.7 Å². The third kappa shape index (κ3) is 4.29. The Kier molecular flexibility index (Phi) is 5.53. The molecule has 128 valence electrons. The number of hydrogen-bond acceptors (Lipinski definition) is 2. The number of thiophene rings is 1. The molecule has 1 aromatic heterocycles. The fourth-order valence-corrected chi connectivity index (χ4v) is 3.43. The number of anilines is 1. The molecule has 3 rings (SSSR count). The first-order valence-corrected chi connectivity index (χ1v) is 8.68. The summed E-state index contributed by atoms with van der Waals surface area (Å²) in [7, 11) is 0. The number of carbonyl (C=O) groups is 1. The predicted molar refractivity (Wildman–Crippen MR) is 94.4 cm³/mol. The van der Waals surface area contributed by atoms with E-state index in [2.05, 4.69) is 5.32 Å². The first kappa shape index (κ1) is 17.3. The molecule has 0 fully saturated rings. The van der Waals surface area contributed by atoms with Crippen molar-refractivity contribution in [3.63, 3.8) is 0 Å². The Bertz CT molecular complexity index is 818. The van der Waals surface area contributed by atoms with Gasteiger partial charge in [-0.05, 0) is 23.6 Å². The van der Waals surface area contributed by atoms with Crippen LogP contribution >= 0.6 is 11.3 Å². The van der Waals surface area contributed by atoms with Crippen LogP contribution in [0, 0.1) is 11.6 Å². The lowest BCUT2D eigenvalue weighted by molar-refractivity contribution is -0.675. The molecule has 1 amide bonds. The lowest BCUT2D eigenvalue weighted by atomic mass is 10.1. The lowest BCUT2D eigenvalue weighted by Crippen LogP contribution is -2.87. The van der Waals surface area contributed by atoms with E-state index in [0.717, 1.165) is 22.6 Å². The molecule has 0 saturated carbocycles. The van der Waals surface area contributed by atoms with Gasteiger partial charge in [0, 0.05) is 5.56 Å². The largest absolute Gasteiger partial charge is 0.328 e. The Morgan fingerprint density at radius 3 is 2.36 bits per heavy atom. The van der Waals surface area contributed by atoms with Crippen molar-refractivity contribution in [3.8, 4) is 0 Å². The molecule has 0 aliphatic carbocycles. The molecule has 3 nitrogen and oxygen atoms in total. The number of amides is 1. The molecule has 6 heteroatoms. The van der Waals surface area contributed by atoms with Crippen LogP contribution in [-0.4, -0.2) is 12.5 Å².